The Balaban J connectivity index is 1.72. The molecule has 0 bridgehead atoms. The van der Waals surface area contributed by atoms with Gasteiger partial charge in [-0.3, -0.25) is 4.79 Å². The van der Waals surface area contributed by atoms with Gasteiger partial charge in [0.05, 0.1) is 22.0 Å². The van der Waals surface area contributed by atoms with Crippen LogP contribution in [-0.2, 0) is 12.8 Å². The molecule has 0 spiro atoms. The van der Waals surface area contributed by atoms with Crippen molar-refractivity contribution >= 4 is 50.6 Å². The van der Waals surface area contributed by atoms with Gasteiger partial charge < -0.3 is 9.47 Å². The lowest BCUT2D eigenvalue weighted by molar-refractivity contribution is -0.137. The van der Waals surface area contributed by atoms with Crippen LogP contribution in [0.4, 0.5) is 13.2 Å². The van der Waals surface area contributed by atoms with Crippen molar-refractivity contribution in [3.8, 4) is 11.5 Å². The van der Waals surface area contributed by atoms with Crippen LogP contribution < -0.4 is 14.9 Å². The van der Waals surface area contributed by atoms with E-state index in [1.165, 1.54) is 18.3 Å². The molecule has 0 unspecified atom stereocenters. The Hall–Kier alpha value is -2.60. The number of carbonyl (C=O) groups is 1. The van der Waals surface area contributed by atoms with Crippen LogP contribution in [0.15, 0.2) is 70.2 Å². The first-order chi connectivity index (χ1) is 16.2. The maximum Gasteiger partial charge on any atom is 0.416 e. The van der Waals surface area contributed by atoms with Crippen LogP contribution in [0.1, 0.15) is 34.0 Å². The quantitative estimate of drug-likeness (QED) is 0.166. The number of carbonyl (C=O) groups excluding carboxylic acids is 1. The second kappa shape index (κ2) is 11.7. The SMILES string of the molecule is CCOc1cc(/C=N\NC(=O)c2cccc(C(F)(F)F)c2)cc(I)c1OCc1ccc(Br)cc1. The molecule has 1 N–H and O–H groups in total. The highest BCUT2D eigenvalue weighted by Gasteiger charge is 2.30. The molecule has 3 rings (SSSR count). The molecule has 178 valence electrons. The van der Waals surface area contributed by atoms with Crippen LogP contribution in [-0.4, -0.2) is 18.7 Å². The van der Waals surface area contributed by atoms with E-state index < -0.39 is 17.6 Å². The maximum absolute atomic E-state index is 12.9. The van der Waals surface area contributed by atoms with E-state index in [2.05, 4.69) is 49.0 Å². The number of amides is 1. The van der Waals surface area contributed by atoms with Crippen molar-refractivity contribution in [3.63, 3.8) is 0 Å². The first-order valence-corrected chi connectivity index (χ1v) is 11.9. The third kappa shape index (κ3) is 7.20. The molecule has 0 fully saturated rings. The van der Waals surface area contributed by atoms with Crippen molar-refractivity contribution in [1.82, 2.24) is 5.43 Å². The number of alkyl halides is 3. The molecule has 0 aliphatic rings. The van der Waals surface area contributed by atoms with Gasteiger partial charge in [-0.15, -0.1) is 0 Å². The number of nitrogens with zero attached hydrogens (tertiary/aromatic N) is 1. The first-order valence-electron chi connectivity index (χ1n) is 10.0. The van der Waals surface area contributed by atoms with E-state index in [4.69, 9.17) is 9.47 Å². The van der Waals surface area contributed by atoms with E-state index in [9.17, 15) is 18.0 Å². The van der Waals surface area contributed by atoms with Crippen LogP contribution >= 0.6 is 38.5 Å². The minimum absolute atomic E-state index is 0.145. The summed E-state index contributed by atoms with van der Waals surface area (Å²) in [5, 5.41) is 3.87. The zero-order valence-corrected chi connectivity index (χ0v) is 21.6. The zero-order chi connectivity index (χ0) is 24.7. The molecule has 0 radical (unpaired) electrons. The second-order valence-corrected chi connectivity index (χ2v) is 9.03. The normalized spacial score (nSPS) is 11.5. The van der Waals surface area contributed by atoms with Crippen molar-refractivity contribution in [2.75, 3.05) is 6.61 Å². The summed E-state index contributed by atoms with van der Waals surface area (Å²) in [4.78, 5) is 12.2. The van der Waals surface area contributed by atoms with Crippen LogP contribution in [0.3, 0.4) is 0 Å². The van der Waals surface area contributed by atoms with Crippen LogP contribution in [0, 0.1) is 3.57 Å². The lowest BCUT2D eigenvalue weighted by atomic mass is 10.1. The van der Waals surface area contributed by atoms with Crippen molar-refractivity contribution in [2.45, 2.75) is 19.7 Å². The summed E-state index contributed by atoms with van der Waals surface area (Å²) in [6.07, 6.45) is -3.15. The number of halogens is 5. The fourth-order valence-corrected chi connectivity index (χ4v) is 3.91. The Labute approximate surface area is 216 Å². The number of ether oxygens (including phenoxy) is 2. The Bertz CT molecular complexity index is 1190. The van der Waals surface area contributed by atoms with Gasteiger partial charge in [-0.25, -0.2) is 5.43 Å². The highest BCUT2D eigenvalue weighted by Crippen LogP contribution is 2.34. The Morgan fingerprint density at radius 1 is 1.12 bits per heavy atom. The van der Waals surface area contributed by atoms with Crippen molar-refractivity contribution in [1.29, 1.82) is 0 Å². The van der Waals surface area contributed by atoms with E-state index in [1.54, 1.807) is 12.1 Å². The summed E-state index contributed by atoms with van der Waals surface area (Å²) >= 11 is 5.52. The Morgan fingerprint density at radius 2 is 1.85 bits per heavy atom. The minimum Gasteiger partial charge on any atom is -0.490 e. The van der Waals surface area contributed by atoms with Crippen LogP contribution in [0.5, 0.6) is 11.5 Å². The third-order valence-electron chi connectivity index (χ3n) is 4.46. The molecular weight excluding hydrogens is 628 g/mol. The number of hydrazone groups is 1. The van der Waals surface area contributed by atoms with Gasteiger partial charge in [0.2, 0.25) is 0 Å². The second-order valence-electron chi connectivity index (χ2n) is 6.96. The molecule has 10 heteroatoms. The first kappa shape index (κ1) is 26.0. The van der Waals surface area contributed by atoms with E-state index in [-0.39, 0.29) is 5.56 Å². The summed E-state index contributed by atoms with van der Waals surface area (Å²) < 4.78 is 52.0. The molecule has 0 aliphatic carbocycles. The van der Waals surface area contributed by atoms with Crippen molar-refractivity contribution in [2.24, 2.45) is 5.10 Å². The van der Waals surface area contributed by atoms with Crippen molar-refractivity contribution in [3.05, 3.63) is 91.0 Å². The fourth-order valence-electron chi connectivity index (χ4n) is 2.87. The summed E-state index contributed by atoms with van der Waals surface area (Å²) in [5.41, 5.74) is 2.81. The van der Waals surface area contributed by atoms with E-state index in [1.807, 2.05) is 31.2 Å². The van der Waals surface area contributed by atoms with Gasteiger partial charge in [0, 0.05) is 10.0 Å². The standard InChI is InChI=1S/C24H19BrF3IN2O3/c1-2-33-21-11-16(10-20(29)22(21)34-14-15-6-8-19(25)9-7-15)13-30-31-23(32)17-4-3-5-18(12-17)24(26,27)28/h3-13H,2,14H2,1H3,(H,31,32)/b30-13-. The van der Waals surface area contributed by atoms with Gasteiger partial charge in [0.25, 0.3) is 5.91 Å². The molecule has 0 saturated carbocycles. The molecule has 1 amide bonds. The summed E-state index contributed by atoms with van der Waals surface area (Å²) in [7, 11) is 0. The Morgan fingerprint density at radius 3 is 2.53 bits per heavy atom. The highest BCUT2D eigenvalue weighted by molar-refractivity contribution is 14.1. The molecule has 34 heavy (non-hydrogen) atoms. The topological polar surface area (TPSA) is 59.9 Å². The predicted octanol–water partition coefficient (Wildman–Crippen LogP) is 6.81. The van der Waals surface area contributed by atoms with Gasteiger partial charge in [-0.2, -0.15) is 18.3 Å². The molecule has 0 aromatic heterocycles. The minimum atomic E-state index is -4.53. The summed E-state index contributed by atoms with van der Waals surface area (Å²) in [6, 6.07) is 15.4. The smallest absolute Gasteiger partial charge is 0.416 e. The van der Waals surface area contributed by atoms with E-state index >= 15 is 0 Å². The molecule has 5 nitrogen and oxygen atoms in total. The molecule has 0 aliphatic heterocycles. The number of benzene rings is 3. The fraction of sp³-hybridized carbons (Fsp3) is 0.167. The lowest BCUT2D eigenvalue weighted by Gasteiger charge is -2.15. The molecule has 0 saturated heterocycles. The van der Waals surface area contributed by atoms with Gasteiger partial charge in [-0.05, 0) is 83.1 Å². The highest BCUT2D eigenvalue weighted by atomic mass is 127. The monoisotopic (exact) mass is 646 g/mol. The summed E-state index contributed by atoms with van der Waals surface area (Å²) in [5.74, 6) is 0.337. The number of hydrogen-bond acceptors (Lipinski definition) is 4. The maximum atomic E-state index is 12.9. The number of nitrogens with one attached hydrogen (secondary N) is 1. The van der Waals surface area contributed by atoms with Gasteiger partial charge >= 0.3 is 6.18 Å². The zero-order valence-electron chi connectivity index (χ0n) is 17.8. The molecule has 0 atom stereocenters. The largest absolute Gasteiger partial charge is 0.490 e. The average Bonchev–Trinajstić information content (AvgIpc) is 2.79. The summed E-state index contributed by atoms with van der Waals surface area (Å²) in [6.45, 7) is 2.61. The number of rotatable bonds is 8. The van der Waals surface area contributed by atoms with Gasteiger partial charge in [-0.1, -0.05) is 34.1 Å². The predicted molar refractivity (Wildman–Crippen MR) is 135 cm³/mol. The molecule has 0 heterocycles. The molecule has 3 aromatic carbocycles. The van der Waals surface area contributed by atoms with Crippen LogP contribution in [0.2, 0.25) is 0 Å². The molecule has 3 aromatic rings. The molecular formula is C24H19BrF3IN2O3. The third-order valence-corrected chi connectivity index (χ3v) is 5.79. The average molecular weight is 647 g/mol. The van der Waals surface area contributed by atoms with Crippen molar-refractivity contribution < 1.29 is 27.4 Å². The lowest BCUT2D eigenvalue weighted by Crippen LogP contribution is -2.18. The van der Waals surface area contributed by atoms with Gasteiger partial charge in [0.15, 0.2) is 11.5 Å². The number of hydrogen-bond donors (Lipinski definition) is 1. The van der Waals surface area contributed by atoms with E-state index in [0.717, 1.165) is 25.7 Å². The van der Waals surface area contributed by atoms with Gasteiger partial charge in [0.1, 0.15) is 6.61 Å². The Kier molecular flexibility index (Phi) is 8.95. The van der Waals surface area contributed by atoms with Crippen LogP contribution in [0.25, 0.3) is 0 Å². The van der Waals surface area contributed by atoms with E-state index in [0.29, 0.717) is 30.3 Å².